The first-order valence-corrected chi connectivity index (χ1v) is 12.1. The van der Waals surface area contributed by atoms with E-state index < -0.39 is 12.1 Å². The van der Waals surface area contributed by atoms with Crippen LogP contribution in [0.2, 0.25) is 0 Å². The van der Waals surface area contributed by atoms with E-state index in [-0.39, 0.29) is 17.2 Å². The Kier molecular flexibility index (Phi) is 7.54. The van der Waals surface area contributed by atoms with Gasteiger partial charge in [0.1, 0.15) is 12.1 Å². The molecule has 0 saturated carbocycles. The number of H-pyrrole nitrogens is 1. The Morgan fingerprint density at radius 1 is 0.971 bits per heavy atom. The van der Waals surface area contributed by atoms with Crippen molar-refractivity contribution in [2.45, 2.75) is 85.2 Å². The topological polar surface area (TPSA) is 74.0 Å². The Morgan fingerprint density at radius 3 is 2.24 bits per heavy atom. The molecule has 1 fully saturated rings. The van der Waals surface area contributed by atoms with Crippen LogP contribution in [0.25, 0.3) is 10.9 Å². The fourth-order valence-electron chi connectivity index (χ4n) is 4.42. The van der Waals surface area contributed by atoms with Crippen LogP contribution < -0.4 is 10.6 Å². The smallest absolute Gasteiger partial charge is 0.243 e. The highest BCUT2D eigenvalue weighted by atomic mass is 16.2. The number of benzene rings is 1. The van der Waals surface area contributed by atoms with E-state index in [0.29, 0.717) is 6.42 Å². The number of allylic oxidation sites excluding steroid dienone is 5. The molecule has 1 aliphatic heterocycles. The SMILES string of the molecule is C=CC(C)(C)c1[nH]c2c(CC=C(C)C)c(CC=C(C)C)ccc2c1C[C@@H]1NC(=O)[C@H](C)NC1=O. The zero-order valence-electron chi connectivity index (χ0n) is 21.7. The van der Waals surface area contributed by atoms with Gasteiger partial charge in [-0.15, -0.1) is 6.58 Å². The molecule has 34 heavy (non-hydrogen) atoms. The molecule has 0 unspecified atom stereocenters. The molecule has 1 aliphatic rings. The lowest BCUT2D eigenvalue weighted by Crippen LogP contribution is -2.61. The van der Waals surface area contributed by atoms with Crippen molar-refractivity contribution in [1.82, 2.24) is 15.6 Å². The van der Waals surface area contributed by atoms with E-state index in [0.717, 1.165) is 35.0 Å². The van der Waals surface area contributed by atoms with Gasteiger partial charge in [0.15, 0.2) is 0 Å². The van der Waals surface area contributed by atoms with Gasteiger partial charge in [0, 0.05) is 28.4 Å². The highest BCUT2D eigenvalue weighted by Crippen LogP contribution is 2.36. The van der Waals surface area contributed by atoms with Crippen LogP contribution in [0.4, 0.5) is 0 Å². The largest absolute Gasteiger partial charge is 0.357 e. The highest BCUT2D eigenvalue weighted by molar-refractivity contribution is 5.97. The molecule has 1 saturated heterocycles. The van der Waals surface area contributed by atoms with E-state index in [4.69, 9.17) is 0 Å². The number of amides is 2. The predicted molar refractivity (Wildman–Crippen MR) is 141 cm³/mol. The molecular weight excluding hydrogens is 422 g/mol. The van der Waals surface area contributed by atoms with Gasteiger partial charge in [-0.3, -0.25) is 9.59 Å². The summed E-state index contributed by atoms with van der Waals surface area (Å²) in [6, 6.07) is 3.26. The van der Waals surface area contributed by atoms with Gasteiger partial charge < -0.3 is 15.6 Å². The summed E-state index contributed by atoms with van der Waals surface area (Å²) < 4.78 is 0. The molecule has 3 rings (SSSR count). The van der Waals surface area contributed by atoms with E-state index in [1.54, 1.807) is 6.92 Å². The molecule has 0 aliphatic carbocycles. The minimum Gasteiger partial charge on any atom is -0.357 e. The zero-order valence-corrected chi connectivity index (χ0v) is 21.7. The summed E-state index contributed by atoms with van der Waals surface area (Å²) in [5.74, 6) is -0.295. The molecular formula is C29H39N3O2. The molecule has 2 aromatic rings. The van der Waals surface area contributed by atoms with Crippen LogP contribution >= 0.6 is 0 Å². The molecule has 1 aromatic carbocycles. The van der Waals surface area contributed by atoms with Gasteiger partial charge in [-0.2, -0.15) is 0 Å². The lowest BCUT2D eigenvalue weighted by atomic mass is 9.84. The molecule has 0 radical (unpaired) electrons. The summed E-state index contributed by atoms with van der Waals surface area (Å²) in [4.78, 5) is 28.7. The van der Waals surface area contributed by atoms with Crippen LogP contribution in [0.15, 0.2) is 48.1 Å². The molecule has 2 atom stereocenters. The monoisotopic (exact) mass is 461 g/mol. The number of rotatable bonds is 8. The molecule has 2 amide bonds. The number of nitrogens with one attached hydrogen (secondary N) is 3. The molecule has 5 nitrogen and oxygen atoms in total. The summed E-state index contributed by atoms with van der Waals surface area (Å²) in [5.41, 5.74) is 8.01. The van der Waals surface area contributed by atoms with Crippen molar-refractivity contribution >= 4 is 22.7 Å². The van der Waals surface area contributed by atoms with E-state index in [9.17, 15) is 9.59 Å². The number of aromatic amines is 1. The standard InChI is InChI=1S/C29H39N3O2/c1-9-29(7,8)26-23(16-24-28(34)30-19(6)27(33)31-24)22-15-13-20(12-10-17(2)3)21(25(22)32-26)14-11-18(4)5/h9-11,13,15,19,24,32H,1,12,14,16H2,2-8H3,(H,30,34)(H,31,33)/t19-,24-/m0/s1. The summed E-state index contributed by atoms with van der Waals surface area (Å²) >= 11 is 0. The van der Waals surface area contributed by atoms with Crippen molar-refractivity contribution in [2.75, 3.05) is 0 Å². The summed E-state index contributed by atoms with van der Waals surface area (Å²) in [5, 5.41) is 6.80. The minimum absolute atomic E-state index is 0.145. The first-order chi connectivity index (χ1) is 15.9. The first kappa shape index (κ1) is 25.5. The number of carbonyl (C=O) groups excluding carboxylic acids is 2. The zero-order chi connectivity index (χ0) is 25.2. The Morgan fingerprint density at radius 2 is 1.62 bits per heavy atom. The Balaban J connectivity index is 2.21. The molecule has 0 bridgehead atoms. The Bertz CT molecular complexity index is 1170. The third-order valence-corrected chi connectivity index (χ3v) is 6.68. The Labute approximate surface area is 203 Å². The second-order valence-electron chi connectivity index (χ2n) is 10.5. The number of piperazine rings is 1. The second kappa shape index (κ2) is 10.0. The van der Waals surface area contributed by atoms with Gasteiger partial charge in [-0.1, -0.05) is 55.4 Å². The van der Waals surface area contributed by atoms with Crippen LogP contribution in [0.3, 0.4) is 0 Å². The van der Waals surface area contributed by atoms with Crippen LogP contribution in [-0.2, 0) is 34.3 Å². The summed E-state index contributed by atoms with van der Waals surface area (Å²) in [7, 11) is 0. The van der Waals surface area contributed by atoms with Gasteiger partial charge in [0.05, 0.1) is 0 Å². The van der Waals surface area contributed by atoms with Gasteiger partial charge in [0.25, 0.3) is 0 Å². The number of fused-ring (bicyclic) bond motifs is 1. The van der Waals surface area contributed by atoms with Crippen molar-refractivity contribution in [3.05, 3.63) is 70.5 Å². The maximum absolute atomic E-state index is 12.7. The van der Waals surface area contributed by atoms with Crippen molar-refractivity contribution in [3.8, 4) is 0 Å². The van der Waals surface area contributed by atoms with Gasteiger partial charge >= 0.3 is 0 Å². The number of aromatic nitrogens is 1. The molecule has 0 spiro atoms. The average Bonchev–Trinajstić information content (AvgIpc) is 3.13. The molecule has 1 aromatic heterocycles. The maximum atomic E-state index is 12.7. The number of hydrogen-bond donors (Lipinski definition) is 3. The predicted octanol–water partition coefficient (Wildman–Crippen LogP) is 5.19. The minimum atomic E-state index is -0.603. The third kappa shape index (κ3) is 5.35. The molecule has 3 N–H and O–H groups in total. The second-order valence-corrected chi connectivity index (χ2v) is 10.5. The number of hydrogen-bond acceptors (Lipinski definition) is 2. The molecule has 182 valence electrons. The van der Waals surface area contributed by atoms with E-state index in [1.165, 1.54) is 22.3 Å². The Hall–Kier alpha value is -3.08. The van der Waals surface area contributed by atoms with Crippen molar-refractivity contribution < 1.29 is 9.59 Å². The van der Waals surface area contributed by atoms with Crippen LogP contribution in [0.1, 0.15) is 70.9 Å². The van der Waals surface area contributed by atoms with Gasteiger partial charge in [-0.25, -0.2) is 0 Å². The van der Waals surface area contributed by atoms with Crippen molar-refractivity contribution in [1.29, 1.82) is 0 Å². The van der Waals surface area contributed by atoms with E-state index in [2.05, 4.69) is 88.0 Å². The van der Waals surface area contributed by atoms with E-state index in [1.807, 2.05) is 6.08 Å². The van der Waals surface area contributed by atoms with Gasteiger partial charge in [-0.05, 0) is 64.2 Å². The highest BCUT2D eigenvalue weighted by Gasteiger charge is 2.34. The fourth-order valence-corrected chi connectivity index (χ4v) is 4.42. The van der Waals surface area contributed by atoms with Crippen LogP contribution in [-0.4, -0.2) is 28.9 Å². The number of carbonyl (C=O) groups is 2. The van der Waals surface area contributed by atoms with Crippen molar-refractivity contribution in [3.63, 3.8) is 0 Å². The average molecular weight is 462 g/mol. The fraction of sp³-hybridized carbons (Fsp3) is 0.448. The van der Waals surface area contributed by atoms with E-state index >= 15 is 0 Å². The van der Waals surface area contributed by atoms with Crippen LogP contribution in [0.5, 0.6) is 0 Å². The van der Waals surface area contributed by atoms with Crippen LogP contribution in [0, 0.1) is 0 Å². The summed E-state index contributed by atoms with van der Waals surface area (Å²) in [6.45, 7) is 18.5. The van der Waals surface area contributed by atoms with Gasteiger partial charge in [0.2, 0.25) is 11.8 Å². The molecule has 5 heteroatoms. The quantitative estimate of drug-likeness (QED) is 0.473. The first-order valence-electron chi connectivity index (χ1n) is 12.1. The maximum Gasteiger partial charge on any atom is 0.243 e. The summed E-state index contributed by atoms with van der Waals surface area (Å²) in [6.07, 6.45) is 8.58. The molecule has 2 heterocycles. The van der Waals surface area contributed by atoms with Crippen molar-refractivity contribution in [2.24, 2.45) is 0 Å². The normalized spacial score (nSPS) is 18.3. The third-order valence-electron chi connectivity index (χ3n) is 6.68. The lowest BCUT2D eigenvalue weighted by Gasteiger charge is -2.29. The lowest BCUT2D eigenvalue weighted by molar-refractivity contribution is -0.136.